The van der Waals surface area contributed by atoms with Gasteiger partial charge in [-0.1, -0.05) is 17.7 Å². The lowest BCUT2D eigenvalue weighted by Gasteiger charge is -2.28. The van der Waals surface area contributed by atoms with Crippen molar-refractivity contribution in [2.24, 2.45) is 0 Å². The van der Waals surface area contributed by atoms with Crippen LogP contribution in [0.3, 0.4) is 0 Å². The Bertz CT molecular complexity index is 996. The zero-order chi connectivity index (χ0) is 19.7. The normalized spacial score (nSPS) is 18.8. The molecule has 0 radical (unpaired) electrons. The molecule has 1 aliphatic rings. The monoisotopic (exact) mass is 431 g/mol. The Labute approximate surface area is 177 Å². The minimum absolute atomic E-state index is 0.124. The van der Waals surface area contributed by atoms with Crippen molar-refractivity contribution in [1.29, 1.82) is 0 Å². The molecule has 0 saturated carbocycles. The Hall–Kier alpha value is -2.35. The first-order chi connectivity index (χ1) is 13.6. The summed E-state index contributed by atoms with van der Waals surface area (Å²) in [6.45, 7) is 0. The molecule has 2 unspecified atom stereocenters. The molecule has 8 heteroatoms. The van der Waals surface area contributed by atoms with E-state index >= 15 is 0 Å². The van der Waals surface area contributed by atoms with Gasteiger partial charge < -0.3 is 19.7 Å². The predicted octanol–water partition coefficient (Wildman–Crippen LogP) is 4.99. The molecule has 0 bridgehead atoms. The first-order valence-corrected chi connectivity index (χ1v) is 10.2. The number of hydrogen-bond donors (Lipinski definition) is 1. The molecular weight excluding hydrogens is 414 g/mol. The van der Waals surface area contributed by atoms with Crippen molar-refractivity contribution in [2.45, 2.75) is 12.1 Å². The molecule has 3 heterocycles. The number of methoxy groups -OCH3 is 2. The van der Waals surface area contributed by atoms with Crippen molar-refractivity contribution in [1.82, 2.24) is 10.3 Å². The molecule has 1 fully saturated rings. The van der Waals surface area contributed by atoms with Gasteiger partial charge in [-0.15, -0.1) is 11.3 Å². The van der Waals surface area contributed by atoms with E-state index in [9.17, 15) is 0 Å². The molecule has 1 aliphatic heterocycles. The highest BCUT2D eigenvalue weighted by atomic mass is 35.5. The van der Waals surface area contributed by atoms with Crippen LogP contribution in [0.5, 0.6) is 11.5 Å². The highest BCUT2D eigenvalue weighted by molar-refractivity contribution is 7.80. The number of hydrogen-bond acceptors (Lipinski definition) is 5. The van der Waals surface area contributed by atoms with Gasteiger partial charge in [-0.05, 0) is 48.6 Å². The van der Waals surface area contributed by atoms with Crippen LogP contribution in [-0.2, 0) is 0 Å². The summed E-state index contributed by atoms with van der Waals surface area (Å²) in [5.41, 5.74) is 1.73. The number of ether oxygens (including phenoxy) is 2. The third-order valence-corrected chi connectivity index (χ3v) is 6.25. The van der Waals surface area contributed by atoms with Gasteiger partial charge in [0.05, 0.1) is 42.0 Å². The van der Waals surface area contributed by atoms with Gasteiger partial charge in [0.25, 0.3) is 0 Å². The van der Waals surface area contributed by atoms with Crippen molar-refractivity contribution in [3.8, 4) is 11.5 Å². The van der Waals surface area contributed by atoms with E-state index in [4.69, 9.17) is 33.3 Å². The maximum Gasteiger partial charge on any atom is 0.174 e. The fraction of sp³-hybridized carbons (Fsp3) is 0.200. The highest BCUT2D eigenvalue weighted by Crippen LogP contribution is 2.47. The van der Waals surface area contributed by atoms with Crippen LogP contribution in [0.25, 0.3) is 0 Å². The maximum absolute atomic E-state index is 6.26. The lowest BCUT2D eigenvalue weighted by molar-refractivity contribution is 0.403. The third-order valence-electron chi connectivity index (χ3n) is 4.63. The fourth-order valence-electron chi connectivity index (χ4n) is 3.38. The smallest absolute Gasteiger partial charge is 0.174 e. The SMILES string of the molecule is COc1ccc(OC)c(N2C(=S)NC(c3ccccn3)C2c2ccc(Cl)s2)c1. The standard InChI is InChI=1S/C20H18ClN3O2S2/c1-25-12-6-7-15(26-2)14(11-12)24-19(16-8-9-17(21)28-16)18(23-20(24)27)13-5-3-4-10-22-13/h3-11,18-19H,1-2H3,(H,23,27). The molecule has 5 nitrogen and oxygen atoms in total. The molecule has 1 aromatic carbocycles. The predicted molar refractivity (Wildman–Crippen MR) is 117 cm³/mol. The molecule has 144 valence electrons. The molecular formula is C20H18ClN3O2S2. The van der Waals surface area contributed by atoms with E-state index in [1.165, 1.54) is 11.3 Å². The Morgan fingerprint density at radius 2 is 2.00 bits per heavy atom. The van der Waals surface area contributed by atoms with Crippen molar-refractivity contribution < 1.29 is 9.47 Å². The van der Waals surface area contributed by atoms with E-state index in [1.807, 2.05) is 48.5 Å². The summed E-state index contributed by atoms with van der Waals surface area (Å²) in [5, 5.41) is 4.02. The summed E-state index contributed by atoms with van der Waals surface area (Å²) in [6, 6.07) is 15.2. The van der Waals surface area contributed by atoms with Gasteiger partial charge in [-0.2, -0.15) is 0 Å². The average molecular weight is 432 g/mol. The first-order valence-electron chi connectivity index (χ1n) is 8.60. The second kappa shape index (κ2) is 7.95. The van der Waals surface area contributed by atoms with Crippen LogP contribution < -0.4 is 19.7 Å². The average Bonchev–Trinajstić information content (AvgIpc) is 3.30. The van der Waals surface area contributed by atoms with E-state index in [2.05, 4.69) is 15.2 Å². The molecule has 4 rings (SSSR count). The molecule has 1 saturated heterocycles. The Kier molecular flexibility index (Phi) is 5.39. The van der Waals surface area contributed by atoms with E-state index in [1.54, 1.807) is 20.4 Å². The number of pyridine rings is 1. The number of anilines is 1. The quantitative estimate of drug-likeness (QED) is 0.574. The summed E-state index contributed by atoms with van der Waals surface area (Å²) in [7, 11) is 3.28. The topological polar surface area (TPSA) is 46.6 Å². The van der Waals surface area contributed by atoms with Crippen molar-refractivity contribution in [3.63, 3.8) is 0 Å². The summed E-state index contributed by atoms with van der Waals surface area (Å²) in [5.74, 6) is 1.43. The minimum Gasteiger partial charge on any atom is -0.497 e. The van der Waals surface area contributed by atoms with Crippen LogP contribution in [-0.4, -0.2) is 24.3 Å². The second-order valence-electron chi connectivity index (χ2n) is 6.18. The van der Waals surface area contributed by atoms with Crippen LogP contribution in [0.1, 0.15) is 22.7 Å². The number of thiophene rings is 1. The van der Waals surface area contributed by atoms with Gasteiger partial charge in [-0.25, -0.2) is 0 Å². The van der Waals surface area contributed by atoms with Gasteiger partial charge in [-0.3, -0.25) is 4.98 Å². The van der Waals surface area contributed by atoms with E-state index in [0.29, 0.717) is 10.9 Å². The summed E-state index contributed by atoms with van der Waals surface area (Å²) in [6.07, 6.45) is 1.79. The molecule has 2 aromatic heterocycles. The number of nitrogens with zero attached hydrogens (tertiary/aromatic N) is 2. The third kappa shape index (κ3) is 3.41. The Morgan fingerprint density at radius 1 is 1.14 bits per heavy atom. The number of benzene rings is 1. The number of thiocarbonyl (C=S) groups is 1. The molecule has 0 amide bonds. The van der Waals surface area contributed by atoms with Crippen LogP contribution in [0.15, 0.2) is 54.7 Å². The number of halogens is 1. The first kappa shape index (κ1) is 19.0. The van der Waals surface area contributed by atoms with Crippen molar-refractivity contribution in [2.75, 3.05) is 19.1 Å². The minimum atomic E-state index is -0.126. The van der Waals surface area contributed by atoms with Gasteiger partial charge in [0.2, 0.25) is 0 Å². The van der Waals surface area contributed by atoms with Crippen LogP contribution in [0, 0.1) is 0 Å². The number of rotatable bonds is 5. The van der Waals surface area contributed by atoms with Gasteiger partial charge >= 0.3 is 0 Å². The second-order valence-corrected chi connectivity index (χ2v) is 8.31. The van der Waals surface area contributed by atoms with Crippen LogP contribution in [0.4, 0.5) is 5.69 Å². The van der Waals surface area contributed by atoms with Gasteiger partial charge in [0, 0.05) is 17.1 Å². The van der Waals surface area contributed by atoms with Gasteiger partial charge in [0.15, 0.2) is 5.11 Å². The molecule has 0 spiro atoms. The lowest BCUT2D eigenvalue weighted by Crippen LogP contribution is -2.29. The van der Waals surface area contributed by atoms with E-state index < -0.39 is 0 Å². The lowest BCUT2D eigenvalue weighted by atomic mass is 10.0. The number of nitrogens with one attached hydrogen (secondary N) is 1. The molecule has 3 aromatic rings. The van der Waals surface area contributed by atoms with Crippen molar-refractivity contribution in [3.05, 3.63) is 69.6 Å². The van der Waals surface area contributed by atoms with Crippen LogP contribution >= 0.6 is 35.2 Å². The zero-order valence-corrected chi connectivity index (χ0v) is 17.6. The molecule has 0 aliphatic carbocycles. The van der Waals surface area contributed by atoms with Crippen LogP contribution in [0.2, 0.25) is 4.34 Å². The summed E-state index contributed by atoms with van der Waals surface area (Å²) >= 11 is 13.5. The largest absolute Gasteiger partial charge is 0.497 e. The van der Waals surface area contributed by atoms with E-state index in [0.717, 1.165) is 26.3 Å². The zero-order valence-electron chi connectivity index (χ0n) is 15.3. The molecule has 28 heavy (non-hydrogen) atoms. The Balaban J connectivity index is 1.87. The molecule has 1 N–H and O–H groups in total. The van der Waals surface area contributed by atoms with Gasteiger partial charge in [0.1, 0.15) is 11.5 Å². The molecule has 2 atom stereocenters. The summed E-state index contributed by atoms with van der Waals surface area (Å²) in [4.78, 5) is 7.68. The summed E-state index contributed by atoms with van der Waals surface area (Å²) < 4.78 is 11.8. The number of aromatic nitrogens is 1. The van der Waals surface area contributed by atoms with Crippen molar-refractivity contribution >= 4 is 46.0 Å². The highest BCUT2D eigenvalue weighted by Gasteiger charge is 2.42. The van der Waals surface area contributed by atoms with E-state index in [-0.39, 0.29) is 12.1 Å². The fourth-order valence-corrected chi connectivity index (χ4v) is 4.90. The maximum atomic E-state index is 6.26. The Morgan fingerprint density at radius 3 is 2.64 bits per heavy atom.